The van der Waals surface area contributed by atoms with E-state index in [1.807, 2.05) is 0 Å². The molecule has 6 nitrogen and oxygen atoms in total. The molecule has 1 aromatic carbocycles. The smallest absolute Gasteiger partial charge is 0.252 e. The normalized spacial score (nSPS) is 15.9. The van der Waals surface area contributed by atoms with E-state index in [-0.39, 0.29) is 21.4 Å². The molecule has 1 aliphatic rings. The summed E-state index contributed by atoms with van der Waals surface area (Å²) in [4.78, 5) is 15.0. The van der Waals surface area contributed by atoms with E-state index in [2.05, 4.69) is 10.2 Å². The average molecular weight is 416 g/mol. The summed E-state index contributed by atoms with van der Waals surface area (Å²) in [6.07, 6.45) is 4.66. The van der Waals surface area contributed by atoms with Crippen molar-refractivity contribution in [1.29, 1.82) is 0 Å². The molecule has 1 fully saturated rings. The first-order valence-corrected chi connectivity index (χ1v) is 11.5. The van der Waals surface area contributed by atoms with Crippen molar-refractivity contribution in [2.75, 3.05) is 39.3 Å². The number of carbonyl (C=O) groups excluding carboxylic acids is 1. The number of nitrogens with zero attached hydrogens (tertiary/aromatic N) is 2. The zero-order chi connectivity index (χ0) is 19.9. The second-order valence-corrected chi connectivity index (χ2v) is 9.09. The van der Waals surface area contributed by atoms with Crippen molar-refractivity contribution in [3.05, 3.63) is 28.8 Å². The lowest BCUT2D eigenvalue weighted by atomic mass is 10.1. The number of hydrogen-bond acceptors (Lipinski definition) is 4. The van der Waals surface area contributed by atoms with Gasteiger partial charge in [-0.3, -0.25) is 4.79 Å². The Labute approximate surface area is 167 Å². The molecule has 0 aromatic heterocycles. The van der Waals surface area contributed by atoms with Gasteiger partial charge in [0, 0.05) is 19.6 Å². The van der Waals surface area contributed by atoms with Gasteiger partial charge in [-0.1, -0.05) is 31.9 Å². The van der Waals surface area contributed by atoms with E-state index in [1.54, 1.807) is 13.8 Å². The van der Waals surface area contributed by atoms with Crippen LogP contribution in [0.25, 0.3) is 0 Å². The minimum atomic E-state index is -3.63. The summed E-state index contributed by atoms with van der Waals surface area (Å²) in [5.41, 5.74) is 0.197. The van der Waals surface area contributed by atoms with Gasteiger partial charge in [0.05, 0.1) is 15.5 Å². The molecular weight excluding hydrogens is 386 g/mol. The van der Waals surface area contributed by atoms with Crippen molar-refractivity contribution in [2.45, 2.75) is 44.4 Å². The summed E-state index contributed by atoms with van der Waals surface area (Å²) in [6, 6.07) is 4.29. The number of amides is 1. The Hall–Kier alpha value is -1.15. The van der Waals surface area contributed by atoms with Crippen LogP contribution in [-0.4, -0.2) is 62.8 Å². The van der Waals surface area contributed by atoms with Gasteiger partial charge in [-0.2, -0.15) is 4.31 Å². The monoisotopic (exact) mass is 415 g/mol. The number of hydrogen-bond donors (Lipinski definition) is 1. The Bertz CT molecular complexity index is 730. The number of halogens is 1. The molecule has 0 bridgehead atoms. The summed E-state index contributed by atoms with van der Waals surface area (Å²) in [7, 11) is -3.63. The predicted molar refractivity (Wildman–Crippen MR) is 109 cm³/mol. The highest BCUT2D eigenvalue weighted by Crippen LogP contribution is 2.23. The van der Waals surface area contributed by atoms with E-state index >= 15 is 0 Å². The molecule has 152 valence electrons. The second-order valence-electron chi connectivity index (χ2n) is 6.74. The Morgan fingerprint density at radius 2 is 1.85 bits per heavy atom. The van der Waals surface area contributed by atoms with Gasteiger partial charge >= 0.3 is 0 Å². The number of likely N-dealkylation sites (tertiary alicyclic amines) is 1. The lowest BCUT2D eigenvalue weighted by Gasteiger charge is -2.26. The van der Waals surface area contributed by atoms with Crippen molar-refractivity contribution >= 4 is 27.5 Å². The molecule has 0 unspecified atom stereocenters. The van der Waals surface area contributed by atoms with Crippen LogP contribution in [0, 0.1) is 0 Å². The summed E-state index contributed by atoms with van der Waals surface area (Å²) in [6.45, 7) is 8.08. The number of nitrogens with one attached hydrogen (secondary N) is 1. The van der Waals surface area contributed by atoms with Gasteiger partial charge in [-0.05, 0) is 57.1 Å². The standard InChI is InChI=1S/C19H30ClN3O3S/c1-3-23(4-2)27(25,26)16-9-10-18(20)17(15-16)19(24)21-11-8-14-22-12-6-5-7-13-22/h9-10,15H,3-8,11-14H2,1-2H3,(H,21,24). The summed E-state index contributed by atoms with van der Waals surface area (Å²) >= 11 is 6.15. The van der Waals surface area contributed by atoms with Crippen LogP contribution < -0.4 is 5.32 Å². The number of rotatable bonds is 9. The molecule has 1 amide bonds. The number of benzene rings is 1. The number of carbonyl (C=O) groups is 1. The lowest BCUT2D eigenvalue weighted by Crippen LogP contribution is -2.33. The largest absolute Gasteiger partial charge is 0.352 e. The predicted octanol–water partition coefficient (Wildman–Crippen LogP) is 2.98. The molecule has 1 saturated heterocycles. The van der Waals surface area contributed by atoms with Crippen molar-refractivity contribution in [2.24, 2.45) is 0 Å². The molecule has 0 aliphatic carbocycles. The minimum absolute atomic E-state index is 0.0917. The Kier molecular flexibility index (Phi) is 8.54. The first-order valence-electron chi connectivity index (χ1n) is 9.70. The highest BCUT2D eigenvalue weighted by atomic mass is 35.5. The summed E-state index contributed by atoms with van der Waals surface area (Å²) in [5.74, 6) is -0.338. The SMILES string of the molecule is CCN(CC)S(=O)(=O)c1ccc(Cl)c(C(=O)NCCCN2CCCCC2)c1. The molecule has 2 rings (SSSR count). The zero-order valence-corrected chi connectivity index (χ0v) is 17.8. The number of piperidine rings is 1. The van der Waals surface area contributed by atoms with E-state index < -0.39 is 10.0 Å². The van der Waals surface area contributed by atoms with Crippen molar-refractivity contribution in [3.8, 4) is 0 Å². The van der Waals surface area contributed by atoms with Crippen molar-refractivity contribution in [1.82, 2.24) is 14.5 Å². The minimum Gasteiger partial charge on any atom is -0.352 e. The molecule has 27 heavy (non-hydrogen) atoms. The van der Waals surface area contributed by atoms with Crippen molar-refractivity contribution < 1.29 is 13.2 Å². The fourth-order valence-electron chi connectivity index (χ4n) is 3.33. The molecule has 0 atom stereocenters. The molecular formula is C19H30ClN3O3S. The first-order chi connectivity index (χ1) is 12.9. The maximum atomic E-state index is 12.7. The highest BCUT2D eigenvalue weighted by Gasteiger charge is 2.23. The highest BCUT2D eigenvalue weighted by molar-refractivity contribution is 7.89. The van der Waals surface area contributed by atoms with Gasteiger partial charge in [0.25, 0.3) is 5.91 Å². The molecule has 0 spiro atoms. The fourth-order valence-corrected chi connectivity index (χ4v) is 5.02. The average Bonchev–Trinajstić information content (AvgIpc) is 2.67. The first kappa shape index (κ1) is 22.1. The maximum Gasteiger partial charge on any atom is 0.252 e. The van der Waals surface area contributed by atoms with E-state index in [4.69, 9.17) is 11.6 Å². The van der Waals surface area contributed by atoms with Crippen LogP contribution in [0.5, 0.6) is 0 Å². The van der Waals surface area contributed by atoms with Crippen LogP contribution in [0.3, 0.4) is 0 Å². The van der Waals surface area contributed by atoms with E-state index in [1.165, 1.54) is 41.8 Å². The van der Waals surface area contributed by atoms with Crippen LogP contribution in [-0.2, 0) is 10.0 Å². The Balaban J connectivity index is 1.99. The van der Waals surface area contributed by atoms with Crippen LogP contribution in [0.4, 0.5) is 0 Å². The molecule has 0 saturated carbocycles. The van der Waals surface area contributed by atoms with Gasteiger partial charge in [-0.15, -0.1) is 0 Å². The molecule has 1 N–H and O–H groups in total. The fraction of sp³-hybridized carbons (Fsp3) is 0.632. The van der Waals surface area contributed by atoms with Crippen molar-refractivity contribution in [3.63, 3.8) is 0 Å². The van der Waals surface area contributed by atoms with Gasteiger partial charge in [0.15, 0.2) is 0 Å². The van der Waals surface area contributed by atoms with E-state index in [9.17, 15) is 13.2 Å². The van der Waals surface area contributed by atoms with E-state index in [0.29, 0.717) is 19.6 Å². The van der Waals surface area contributed by atoms with Gasteiger partial charge < -0.3 is 10.2 Å². The van der Waals surface area contributed by atoms with Gasteiger partial charge in [0.2, 0.25) is 10.0 Å². The quantitative estimate of drug-likeness (QED) is 0.629. The third-order valence-electron chi connectivity index (χ3n) is 4.91. The third kappa shape index (κ3) is 5.91. The lowest BCUT2D eigenvalue weighted by molar-refractivity contribution is 0.0951. The van der Waals surface area contributed by atoms with Crippen LogP contribution in [0.1, 0.15) is 49.9 Å². The molecule has 1 aliphatic heterocycles. The molecule has 8 heteroatoms. The summed E-state index contributed by atoms with van der Waals surface area (Å²) in [5, 5.41) is 3.11. The Morgan fingerprint density at radius 3 is 2.48 bits per heavy atom. The molecule has 1 heterocycles. The van der Waals surface area contributed by atoms with Crippen LogP contribution >= 0.6 is 11.6 Å². The van der Waals surface area contributed by atoms with Gasteiger partial charge in [0.1, 0.15) is 0 Å². The summed E-state index contributed by atoms with van der Waals surface area (Å²) < 4.78 is 26.7. The Morgan fingerprint density at radius 1 is 1.19 bits per heavy atom. The van der Waals surface area contributed by atoms with E-state index in [0.717, 1.165) is 26.1 Å². The second kappa shape index (κ2) is 10.4. The maximum absolute atomic E-state index is 12.7. The van der Waals surface area contributed by atoms with Gasteiger partial charge in [-0.25, -0.2) is 8.42 Å². The zero-order valence-electron chi connectivity index (χ0n) is 16.2. The third-order valence-corrected chi connectivity index (χ3v) is 7.29. The number of sulfonamides is 1. The topological polar surface area (TPSA) is 69.7 Å². The molecule has 1 aromatic rings. The van der Waals surface area contributed by atoms with Crippen LogP contribution in [0.2, 0.25) is 5.02 Å². The molecule has 0 radical (unpaired) electrons. The van der Waals surface area contributed by atoms with Crippen LogP contribution in [0.15, 0.2) is 23.1 Å².